The Bertz CT molecular complexity index is 651. The van der Waals surface area contributed by atoms with E-state index in [1.807, 2.05) is 36.1 Å². The second-order valence-electron chi connectivity index (χ2n) is 5.33. The summed E-state index contributed by atoms with van der Waals surface area (Å²) in [4.78, 5) is 0. The van der Waals surface area contributed by atoms with E-state index in [0.29, 0.717) is 12.8 Å². The van der Waals surface area contributed by atoms with Crippen LogP contribution in [0.4, 0.5) is 5.69 Å². The minimum Gasteiger partial charge on any atom is -0.454 e. The Hall–Kier alpha value is -2.17. The lowest BCUT2D eigenvalue weighted by molar-refractivity contribution is 0.174. The van der Waals surface area contributed by atoms with Crippen molar-refractivity contribution in [3.05, 3.63) is 35.7 Å². The van der Waals surface area contributed by atoms with E-state index < -0.39 is 0 Å². The maximum absolute atomic E-state index is 5.42. The molecule has 4 rings (SSSR count). The molecule has 0 amide bonds. The molecule has 1 aromatic heterocycles. The SMILES string of the molecule is Cn1ncc2c1CCCC2Nc1ccc2c(c1)OCO2. The molecule has 1 atom stereocenters. The van der Waals surface area contributed by atoms with Gasteiger partial charge in [0, 0.05) is 30.1 Å². The van der Waals surface area contributed by atoms with Crippen LogP contribution in [0, 0.1) is 0 Å². The molecular formula is C15H17N3O2. The summed E-state index contributed by atoms with van der Waals surface area (Å²) in [5.41, 5.74) is 3.72. The lowest BCUT2D eigenvalue weighted by Crippen LogP contribution is -2.17. The number of fused-ring (bicyclic) bond motifs is 2. The summed E-state index contributed by atoms with van der Waals surface area (Å²) in [5, 5.41) is 7.97. The topological polar surface area (TPSA) is 48.3 Å². The van der Waals surface area contributed by atoms with Crippen molar-refractivity contribution in [1.29, 1.82) is 0 Å². The predicted octanol–water partition coefficient (Wildman–Crippen LogP) is 2.64. The third-order valence-electron chi connectivity index (χ3n) is 4.09. The van der Waals surface area contributed by atoms with Crippen LogP contribution >= 0.6 is 0 Å². The molecule has 1 N–H and O–H groups in total. The highest BCUT2D eigenvalue weighted by Crippen LogP contribution is 2.37. The highest BCUT2D eigenvalue weighted by molar-refractivity contribution is 5.56. The molecule has 0 fully saturated rings. The zero-order chi connectivity index (χ0) is 13.5. The minimum atomic E-state index is 0.314. The van der Waals surface area contributed by atoms with E-state index in [2.05, 4.69) is 10.4 Å². The van der Waals surface area contributed by atoms with E-state index >= 15 is 0 Å². The largest absolute Gasteiger partial charge is 0.454 e. The van der Waals surface area contributed by atoms with Crippen molar-refractivity contribution in [3.63, 3.8) is 0 Å². The van der Waals surface area contributed by atoms with Crippen LogP contribution in [-0.4, -0.2) is 16.6 Å². The van der Waals surface area contributed by atoms with Crippen molar-refractivity contribution in [2.75, 3.05) is 12.1 Å². The molecule has 20 heavy (non-hydrogen) atoms. The van der Waals surface area contributed by atoms with Crippen molar-refractivity contribution in [1.82, 2.24) is 9.78 Å². The first-order valence-corrected chi connectivity index (χ1v) is 6.98. The Morgan fingerprint density at radius 1 is 1.30 bits per heavy atom. The fourth-order valence-electron chi connectivity index (χ4n) is 3.04. The van der Waals surface area contributed by atoms with Gasteiger partial charge in [-0.25, -0.2) is 0 Å². The minimum absolute atomic E-state index is 0.314. The molecule has 1 aliphatic carbocycles. The summed E-state index contributed by atoms with van der Waals surface area (Å²) in [6, 6.07) is 6.33. The molecule has 0 radical (unpaired) electrons. The van der Waals surface area contributed by atoms with Gasteiger partial charge in [-0.15, -0.1) is 0 Å². The number of nitrogens with one attached hydrogen (secondary N) is 1. The average molecular weight is 271 g/mol. The number of hydrogen-bond donors (Lipinski definition) is 1. The van der Waals surface area contributed by atoms with Crippen LogP contribution < -0.4 is 14.8 Å². The highest BCUT2D eigenvalue weighted by atomic mass is 16.7. The lowest BCUT2D eigenvalue weighted by Gasteiger charge is -2.24. The van der Waals surface area contributed by atoms with E-state index in [4.69, 9.17) is 9.47 Å². The number of benzene rings is 1. The van der Waals surface area contributed by atoms with Crippen LogP contribution in [0.3, 0.4) is 0 Å². The second kappa shape index (κ2) is 4.44. The Kier molecular flexibility index (Phi) is 2.58. The quantitative estimate of drug-likeness (QED) is 0.912. The summed E-state index contributed by atoms with van der Waals surface area (Å²) < 4.78 is 12.8. The van der Waals surface area contributed by atoms with Gasteiger partial charge >= 0.3 is 0 Å². The number of rotatable bonds is 2. The van der Waals surface area contributed by atoms with Crippen molar-refractivity contribution in [2.24, 2.45) is 7.05 Å². The fraction of sp³-hybridized carbons (Fsp3) is 0.400. The first-order valence-electron chi connectivity index (χ1n) is 6.98. The molecular weight excluding hydrogens is 254 g/mol. The second-order valence-corrected chi connectivity index (χ2v) is 5.33. The number of anilines is 1. The number of aromatic nitrogens is 2. The zero-order valence-corrected chi connectivity index (χ0v) is 11.4. The Morgan fingerprint density at radius 3 is 3.15 bits per heavy atom. The van der Waals surface area contributed by atoms with Crippen molar-refractivity contribution >= 4 is 5.69 Å². The molecule has 0 saturated carbocycles. The molecule has 5 nitrogen and oxygen atoms in total. The molecule has 2 heterocycles. The summed E-state index contributed by atoms with van der Waals surface area (Å²) in [7, 11) is 2.02. The van der Waals surface area contributed by atoms with E-state index in [1.54, 1.807) is 0 Å². The zero-order valence-electron chi connectivity index (χ0n) is 11.4. The van der Waals surface area contributed by atoms with Gasteiger partial charge in [0.2, 0.25) is 6.79 Å². The summed E-state index contributed by atoms with van der Waals surface area (Å²) in [5.74, 6) is 1.64. The van der Waals surface area contributed by atoms with Crippen LogP contribution in [-0.2, 0) is 13.5 Å². The Balaban J connectivity index is 1.61. The number of ether oxygens (including phenoxy) is 2. The third-order valence-corrected chi connectivity index (χ3v) is 4.09. The van der Waals surface area contributed by atoms with Crippen molar-refractivity contribution in [2.45, 2.75) is 25.3 Å². The molecule has 104 valence electrons. The molecule has 2 aliphatic rings. The van der Waals surface area contributed by atoms with Crippen LogP contribution in [0.5, 0.6) is 11.5 Å². The molecule has 0 spiro atoms. The smallest absolute Gasteiger partial charge is 0.231 e. The third kappa shape index (κ3) is 1.81. The summed E-state index contributed by atoms with van der Waals surface area (Å²) in [6.45, 7) is 0.314. The molecule has 1 unspecified atom stereocenters. The van der Waals surface area contributed by atoms with E-state index in [1.165, 1.54) is 17.7 Å². The monoisotopic (exact) mass is 271 g/mol. The van der Waals surface area contributed by atoms with Gasteiger partial charge in [-0.1, -0.05) is 0 Å². The lowest BCUT2D eigenvalue weighted by atomic mass is 9.93. The average Bonchev–Trinajstić information content (AvgIpc) is 3.06. The van der Waals surface area contributed by atoms with Gasteiger partial charge in [0.15, 0.2) is 11.5 Å². The van der Waals surface area contributed by atoms with Gasteiger partial charge in [0.25, 0.3) is 0 Å². The predicted molar refractivity (Wildman–Crippen MR) is 75.1 cm³/mol. The van der Waals surface area contributed by atoms with E-state index in [0.717, 1.165) is 30.0 Å². The number of aryl methyl sites for hydroxylation is 1. The first-order chi connectivity index (χ1) is 9.81. The molecule has 0 bridgehead atoms. The van der Waals surface area contributed by atoms with Crippen LogP contribution in [0.25, 0.3) is 0 Å². The maximum Gasteiger partial charge on any atom is 0.231 e. The van der Waals surface area contributed by atoms with Gasteiger partial charge < -0.3 is 14.8 Å². The van der Waals surface area contributed by atoms with E-state index in [9.17, 15) is 0 Å². The van der Waals surface area contributed by atoms with Crippen molar-refractivity contribution in [3.8, 4) is 11.5 Å². The van der Waals surface area contributed by atoms with Gasteiger partial charge in [0.05, 0.1) is 12.2 Å². The van der Waals surface area contributed by atoms with Crippen LogP contribution in [0.1, 0.15) is 30.1 Å². The van der Waals surface area contributed by atoms with Crippen LogP contribution in [0.2, 0.25) is 0 Å². The maximum atomic E-state index is 5.42. The summed E-state index contributed by atoms with van der Waals surface area (Å²) in [6.07, 6.45) is 5.42. The van der Waals surface area contributed by atoms with Gasteiger partial charge in [-0.05, 0) is 31.4 Å². The van der Waals surface area contributed by atoms with E-state index in [-0.39, 0.29) is 0 Å². The number of nitrogens with zero attached hydrogens (tertiary/aromatic N) is 2. The molecule has 1 aliphatic heterocycles. The standard InChI is InChI=1S/C15H17N3O2/c1-18-13-4-2-3-12(11(13)8-16-18)17-10-5-6-14-15(7-10)20-9-19-14/h5-8,12,17H,2-4,9H2,1H3. The molecule has 2 aromatic rings. The van der Waals surface area contributed by atoms with Gasteiger partial charge in [-0.2, -0.15) is 5.10 Å². The van der Waals surface area contributed by atoms with Crippen molar-refractivity contribution < 1.29 is 9.47 Å². The van der Waals surface area contributed by atoms with Gasteiger partial charge in [0.1, 0.15) is 0 Å². The van der Waals surface area contributed by atoms with Gasteiger partial charge in [-0.3, -0.25) is 4.68 Å². The normalized spacial score (nSPS) is 19.8. The number of hydrogen-bond acceptors (Lipinski definition) is 4. The molecule has 1 aromatic carbocycles. The van der Waals surface area contributed by atoms with Crippen LogP contribution in [0.15, 0.2) is 24.4 Å². The Morgan fingerprint density at radius 2 is 2.20 bits per heavy atom. The molecule has 5 heteroatoms. The first kappa shape index (κ1) is 11.6. The molecule has 0 saturated heterocycles. The highest BCUT2D eigenvalue weighted by Gasteiger charge is 2.23. The Labute approximate surface area is 117 Å². The fourth-order valence-corrected chi connectivity index (χ4v) is 3.04. The summed E-state index contributed by atoms with van der Waals surface area (Å²) >= 11 is 0.